The van der Waals surface area contributed by atoms with Gasteiger partial charge in [0.15, 0.2) is 0 Å². The van der Waals surface area contributed by atoms with Crippen LogP contribution in [-0.2, 0) is 17.9 Å². The van der Waals surface area contributed by atoms with Gasteiger partial charge < -0.3 is 4.90 Å². The summed E-state index contributed by atoms with van der Waals surface area (Å²) in [6.45, 7) is -1.94. The Kier molecular flexibility index (Phi) is 7.69. The van der Waals surface area contributed by atoms with Crippen molar-refractivity contribution in [3.8, 4) is 0 Å². The summed E-state index contributed by atoms with van der Waals surface area (Å²) in [7, 11) is 0. The second kappa shape index (κ2) is 9.47. The standard InChI is InChI=1S/C21H14F13NO/c22-16(23,17(24,25)18(26,27)19(28,29)20(30,31)21(32,33)34)15(36)35(11-13-7-3-1-4-8-13)12-14-9-5-2-6-10-14/h1-10H,11-12H2. The van der Waals surface area contributed by atoms with Crippen LogP contribution in [0.15, 0.2) is 60.7 Å². The zero-order valence-corrected chi connectivity index (χ0v) is 17.5. The Morgan fingerprint density at radius 2 is 0.861 bits per heavy atom. The number of benzene rings is 2. The quantitative estimate of drug-likeness (QED) is 0.314. The number of rotatable bonds is 9. The fraction of sp³-hybridized carbons (Fsp3) is 0.381. The van der Waals surface area contributed by atoms with Crippen LogP contribution < -0.4 is 0 Å². The zero-order valence-electron chi connectivity index (χ0n) is 17.5. The van der Waals surface area contributed by atoms with Crippen LogP contribution >= 0.6 is 0 Å². The van der Waals surface area contributed by atoms with Crippen molar-refractivity contribution in [1.29, 1.82) is 0 Å². The molecule has 2 aromatic carbocycles. The molecule has 200 valence electrons. The van der Waals surface area contributed by atoms with Crippen molar-refractivity contribution < 1.29 is 61.9 Å². The highest BCUT2D eigenvalue weighted by Gasteiger charge is 2.91. The Hall–Kier alpha value is -3.00. The first-order valence-corrected chi connectivity index (χ1v) is 9.55. The molecule has 0 aromatic heterocycles. The van der Waals surface area contributed by atoms with Crippen molar-refractivity contribution in [3.05, 3.63) is 71.8 Å². The van der Waals surface area contributed by atoms with E-state index in [9.17, 15) is 61.9 Å². The predicted octanol–water partition coefficient (Wildman–Crippen LogP) is 6.95. The Morgan fingerprint density at radius 3 is 1.19 bits per heavy atom. The molecule has 0 bridgehead atoms. The van der Waals surface area contributed by atoms with Gasteiger partial charge in [-0.05, 0) is 11.1 Å². The highest BCUT2D eigenvalue weighted by molar-refractivity contribution is 5.85. The summed E-state index contributed by atoms with van der Waals surface area (Å²) in [5.41, 5.74) is -0.0526. The fourth-order valence-corrected chi connectivity index (χ4v) is 2.91. The van der Waals surface area contributed by atoms with E-state index in [0.29, 0.717) is 0 Å². The second-order valence-electron chi connectivity index (χ2n) is 7.50. The Labute approximate surface area is 194 Å². The summed E-state index contributed by atoms with van der Waals surface area (Å²) in [5.74, 6) is -41.7. The van der Waals surface area contributed by atoms with Gasteiger partial charge in [-0.3, -0.25) is 4.79 Å². The van der Waals surface area contributed by atoms with Gasteiger partial charge in [0.05, 0.1) is 0 Å². The molecule has 0 unspecified atom stereocenters. The zero-order chi connectivity index (χ0) is 27.8. The first kappa shape index (κ1) is 29.2. The molecule has 0 spiro atoms. The number of amides is 1. The molecule has 0 N–H and O–H groups in total. The summed E-state index contributed by atoms with van der Waals surface area (Å²) >= 11 is 0. The van der Waals surface area contributed by atoms with Crippen LogP contribution in [0.25, 0.3) is 0 Å². The lowest BCUT2D eigenvalue weighted by atomic mass is 9.93. The van der Waals surface area contributed by atoms with Crippen molar-refractivity contribution >= 4 is 5.91 Å². The smallest absolute Gasteiger partial charge is 0.329 e. The minimum absolute atomic E-state index is 0.0263. The molecule has 2 aromatic rings. The van der Waals surface area contributed by atoms with Gasteiger partial charge in [0, 0.05) is 13.1 Å². The SMILES string of the molecule is O=C(N(Cc1ccccc1)Cc1ccccc1)C(F)(F)C(F)(F)C(F)(F)C(F)(F)C(F)(F)C(F)(F)F. The summed E-state index contributed by atoms with van der Waals surface area (Å²) in [5, 5.41) is 0. The minimum Gasteiger partial charge on any atom is -0.329 e. The molecule has 15 heteroatoms. The molecule has 0 aliphatic carbocycles. The molecular weight excluding hydrogens is 529 g/mol. The summed E-state index contributed by atoms with van der Waals surface area (Å²) in [6.07, 6.45) is -7.53. The first-order valence-electron chi connectivity index (χ1n) is 9.55. The fourth-order valence-electron chi connectivity index (χ4n) is 2.91. The van der Waals surface area contributed by atoms with Gasteiger partial charge >= 0.3 is 41.7 Å². The van der Waals surface area contributed by atoms with Crippen LogP contribution in [0.5, 0.6) is 0 Å². The van der Waals surface area contributed by atoms with Gasteiger partial charge in [-0.1, -0.05) is 60.7 Å². The van der Waals surface area contributed by atoms with Gasteiger partial charge in [-0.2, -0.15) is 57.1 Å². The molecular formula is C21H14F13NO. The van der Waals surface area contributed by atoms with E-state index in [2.05, 4.69) is 0 Å². The van der Waals surface area contributed by atoms with E-state index in [1.54, 1.807) is 0 Å². The van der Waals surface area contributed by atoms with Crippen LogP contribution in [0.2, 0.25) is 0 Å². The van der Waals surface area contributed by atoms with E-state index >= 15 is 0 Å². The topological polar surface area (TPSA) is 20.3 Å². The molecule has 0 saturated heterocycles. The number of alkyl halides is 13. The number of hydrogen-bond donors (Lipinski definition) is 0. The van der Waals surface area contributed by atoms with E-state index in [-0.39, 0.29) is 16.0 Å². The summed E-state index contributed by atoms with van der Waals surface area (Å²) in [6, 6.07) is 12.8. The van der Waals surface area contributed by atoms with Gasteiger partial charge in [-0.15, -0.1) is 0 Å². The molecule has 0 fully saturated rings. The third-order valence-corrected chi connectivity index (χ3v) is 4.92. The number of hydrogen-bond acceptors (Lipinski definition) is 1. The highest BCUT2D eigenvalue weighted by atomic mass is 19.4. The monoisotopic (exact) mass is 543 g/mol. The lowest BCUT2D eigenvalue weighted by molar-refractivity contribution is -0.436. The van der Waals surface area contributed by atoms with E-state index in [0.717, 1.165) is 0 Å². The third kappa shape index (κ3) is 4.83. The average Bonchev–Trinajstić information content (AvgIpc) is 2.78. The Balaban J connectivity index is 2.54. The van der Waals surface area contributed by atoms with Crippen molar-refractivity contribution in [2.75, 3.05) is 0 Å². The second-order valence-corrected chi connectivity index (χ2v) is 7.50. The molecule has 2 nitrogen and oxygen atoms in total. The van der Waals surface area contributed by atoms with Gasteiger partial charge in [0.1, 0.15) is 0 Å². The van der Waals surface area contributed by atoms with Crippen molar-refractivity contribution in [2.24, 2.45) is 0 Å². The molecule has 0 aliphatic rings. The molecule has 1 amide bonds. The predicted molar refractivity (Wildman–Crippen MR) is 97.9 cm³/mol. The summed E-state index contributed by atoms with van der Waals surface area (Å²) < 4.78 is 175. The van der Waals surface area contributed by atoms with Crippen LogP contribution in [0.3, 0.4) is 0 Å². The highest BCUT2D eigenvalue weighted by Crippen LogP contribution is 2.60. The lowest BCUT2D eigenvalue weighted by Gasteiger charge is -2.40. The minimum atomic E-state index is -8.07. The van der Waals surface area contributed by atoms with Crippen LogP contribution in [0.4, 0.5) is 57.1 Å². The molecule has 0 saturated carbocycles. The number of halogens is 13. The maximum Gasteiger partial charge on any atom is 0.460 e. The van der Waals surface area contributed by atoms with Crippen LogP contribution in [0, 0.1) is 0 Å². The average molecular weight is 543 g/mol. The van der Waals surface area contributed by atoms with E-state index < -0.39 is 54.8 Å². The van der Waals surface area contributed by atoms with Crippen molar-refractivity contribution in [1.82, 2.24) is 4.90 Å². The molecule has 0 aliphatic heterocycles. The van der Waals surface area contributed by atoms with Gasteiger partial charge in [-0.25, -0.2) is 0 Å². The number of carbonyl (C=O) groups is 1. The van der Waals surface area contributed by atoms with Crippen molar-refractivity contribution in [2.45, 2.75) is 48.9 Å². The normalized spacial score (nSPS) is 14.0. The molecule has 36 heavy (non-hydrogen) atoms. The van der Waals surface area contributed by atoms with E-state index in [4.69, 9.17) is 0 Å². The Morgan fingerprint density at radius 1 is 0.528 bits per heavy atom. The van der Waals surface area contributed by atoms with Crippen molar-refractivity contribution in [3.63, 3.8) is 0 Å². The van der Waals surface area contributed by atoms with Crippen LogP contribution in [-0.4, -0.2) is 46.6 Å². The van der Waals surface area contributed by atoms with E-state index in [1.165, 1.54) is 60.7 Å². The van der Waals surface area contributed by atoms with Crippen LogP contribution in [0.1, 0.15) is 11.1 Å². The maximum atomic E-state index is 14.5. The number of carbonyl (C=O) groups excluding carboxylic acids is 1. The summed E-state index contributed by atoms with van der Waals surface area (Å²) in [4.78, 5) is 12.2. The lowest BCUT2D eigenvalue weighted by Crippen LogP contribution is -2.72. The van der Waals surface area contributed by atoms with Gasteiger partial charge in [0.25, 0.3) is 0 Å². The molecule has 2 rings (SSSR count). The maximum absolute atomic E-state index is 14.5. The van der Waals surface area contributed by atoms with Gasteiger partial charge in [0.2, 0.25) is 0 Å². The largest absolute Gasteiger partial charge is 0.460 e. The molecule has 0 radical (unpaired) electrons. The molecule has 0 heterocycles. The Bertz CT molecular complexity index is 995. The first-order chi connectivity index (χ1) is 16.2. The van der Waals surface area contributed by atoms with E-state index in [1.807, 2.05) is 0 Å². The third-order valence-electron chi connectivity index (χ3n) is 4.92. The number of nitrogens with zero attached hydrogens (tertiary/aromatic N) is 1. The molecule has 0 atom stereocenters.